The number of pyridine rings is 1. The van der Waals surface area contributed by atoms with Crippen molar-refractivity contribution in [3.05, 3.63) is 70.5 Å². The van der Waals surface area contributed by atoms with Gasteiger partial charge in [-0.3, -0.25) is 4.79 Å². The summed E-state index contributed by atoms with van der Waals surface area (Å²) < 4.78 is 25.5. The van der Waals surface area contributed by atoms with E-state index in [2.05, 4.69) is 5.32 Å². The monoisotopic (exact) mass is 384 g/mol. The number of benzene rings is 2. The fraction of sp³-hybridized carbons (Fsp3) is 0.318. The lowest BCUT2D eigenvalue weighted by Crippen LogP contribution is -2.29. The van der Waals surface area contributed by atoms with Gasteiger partial charge in [-0.25, -0.2) is 4.39 Å². The molecule has 3 aromatic rings. The SMILES string of the molecule is CCOCCn1c(=O)c(CNCCF)cc2ccc(Oc3ccccc3)cc21. The molecule has 0 atom stereocenters. The van der Waals surface area contributed by atoms with Gasteiger partial charge in [0.05, 0.1) is 12.1 Å². The number of nitrogens with one attached hydrogen (secondary N) is 1. The molecule has 0 aliphatic carbocycles. The zero-order valence-electron chi connectivity index (χ0n) is 16.0. The number of halogens is 1. The van der Waals surface area contributed by atoms with Crippen molar-refractivity contribution in [1.29, 1.82) is 0 Å². The third-order valence-electron chi connectivity index (χ3n) is 4.37. The highest BCUT2D eigenvalue weighted by atomic mass is 19.1. The van der Waals surface area contributed by atoms with Crippen molar-refractivity contribution in [2.24, 2.45) is 0 Å². The van der Waals surface area contributed by atoms with Gasteiger partial charge in [-0.2, -0.15) is 0 Å². The Hall–Kier alpha value is -2.70. The molecule has 148 valence electrons. The number of hydrogen-bond donors (Lipinski definition) is 1. The fourth-order valence-electron chi connectivity index (χ4n) is 3.04. The quantitative estimate of drug-likeness (QED) is 0.539. The minimum atomic E-state index is -0.466. The molecule has 3 rings (SSSR count). The van der Waals surface area contributed by atoms with Crippen LogP contribution >= 0.6 is 0 Å². The van der Waals surface area contributed by atoms with Crippen LogP contribution in [0.15, 0.2) is 59.4 Å². The first kappa shape index (κ1) is 20.0. The molecule has 0 spiro atoms. The molecule has 5 nitrogen and oxygen atoms in total. The maximum absolute atomic E-state index is 13.0. The Morgan fingerprint density at radius 3 is 2.64 bits per heavy atom. The molecule has 1 heterocycles. The van der Waals surface area contributed by atoms with Crippen LogP contribution in [0.1, 0.15) is 12.5 Å². The molecule has 0 fully saturated rings. The van der Waals surface area contributed by atoms with Crippen LogP contribution in [0.4, 0.5) is 4.39 Å². The molecule has 0 amide bonds. The first-order valence-corrected chi connectivity index (χ1v) is 9.46. The first-order chi connectivity index (χ1) is 13.7. The van der Waals surface area contributed by atoms with Crippen LogP contribution in [0.2, 0.25) is 0 Å². The average molecular weight is 384 g/mol. The van der Waals surface area contributed by atoms with Crippen LogP contribution in [0.3, 0.4) is 0 Å². The smallest absolute Gasteiger partial charge is 0.255 e. The Kier molecular flexibility index (Phi) is 7.17. The summed E-state index contributed by atoms with van der Waals surface area (Å²) in [5.41, 5.74) is 1.29. The van der Waals surface area contributed by atoms with Gasteiger partial charge in [0.2, 0.25) is 0 Å². The van der Waals surface area contributed by atoms with Crippen molar-refractivity contribution in [3.8, 4) is 11.5 Å². The van der Waals surface area contributed by atoms with Gasteiger partial charge in [0.15, 0.2) is 0 Å². The van der Waals surface area contributed by atoms with Gasteiger partial charge in [0.25, 0.3) is 5.56 Å². The van der Waals surface area contributed by atoms with Gasteiger partial charge in [-0.15, -0.1) is 0 Å². The van der Waals surface area contributed by atoms with Crippen LogP contribution in [0.25, 0.3) is 10.9 Å². The lowest BCUT2D eigenvalue weighted by atomic mass is 10.1. The van der Waals surface area contributed by atoms with Crippen molar-refractivity contribution in [3.63, 3.8) is 0 Å². The number of fused-ring (bicyclic) bond motifs is 1. The maximum Gasteiger partial charge on any atom is 0.255 e. The van der Waals surface area contributed by atoms with Crippen molar-refractivity contribution >= 4 is 10.9 Å². The normalized spacial score (nSPS) is 11.1. The molecule has 28 heavy (non-hydrogen) atoms. The van der Waals surface area contributed by atoms with E-state index in [-0.39, 0.29) is 12.1 Å². The van der Waals surface area contributed by atoms with Gasteiger partial charge < -0.3 is 19.4 Å². The summed E-state index contributed by atoms with van der Waals surface area (Å²) in [6.45, 7) is 3.48. The summed E-state index contributed by atoms with van der Waals surface area (Å²) in [4.78, 5) is 13.0. The van der Waals surface area contributed by atoms with Crippen LogP contribution < -0.4 is 15.6 Å². The molecule has 0 unspecified atom stereocenters. The fourth-order valence-corrected chi connectivity index (χ4v) is 3.04. The topological polar surface area (TPSA) is 52.5 Å². The third kappa shape index (κ3) is 4.97. The van der Waals surface area contributed by atoms with Crippen LogP contribution in [-0.2, 0) is 17.8 Å². The van der Waals surface area contributed by atoms with E-state index < -0.39 is 6.67 Å². The van der Waals surface area contributed by atoms with Crippen molar-refractivity contribution < 1.29 is 13.9 Å². The number of alkyl halides is 1. The number of rotatable bonds is 10. The van der Waals surface area contributed by atoms with E-state index in [1.807, 2.05) is 61.5 Å². The number of para-hydroxylation sites is 1. The highest BCUT2D eigenvalue weighted by Gasteiger charge is 2.11. The van der Waals surface area contributed by atoms with Crippen LogP contribution in [0, 0.1) is 0 Å². The van der Waals surface area contributed by atoms with Crippen molar-refractivity contribution in [2.75, 3.05) is 26.4 Å². The molecule has 0 aliphatic rings. The lowest BCUT2D eigenvalue weighted by molar-refractivity contribution is 0.139. The number of ether oxygens (including phenoxy) is 2. The summed E-state index contributed by atoms with van der Waals surface area (Å²) in [7, 11) is 0. The molecule has 2 aromatic carbocycles. The third-order valence-corrected chi connectivity index (χ3v) is 4.37. The number of aromatic nitrogens is 1. The molecular weight excluding hydrogens is 359 g/mol. The molecule has 0 saturated heterocycles. The second-order valence-electron chi connectivity index (χ2n) is 6.32. The second-order valence-corrected chi connectivity index (χ2v) is 6.32. The summed E-state index contributed by atoms with van der Waals surface area (Å²) in [6, 6.07) is 17.0. The van der Waals surface area contributed by atoms with E-state index in [9.17, 15) is 9.18 Å². The minimum Gasteiger partial charge on any atom is -0.457 e. The first-order valence-electron chi connectivity index (χ1n) is 9.46. The average Bonchev–Trinajstić information content (AvgIpc) is 2.71. The zero-order chi connectivity index (χ0) is 19.8. The maximum atomic E-state index is 13.0. The van der Waals surface area contributed by atoms with Gasteiger partial charge in [-0.05, 0) is 42.6 Å². The molecule has 0 aliphatic heterocycles. The molecule has 6 heteroatoms. The lowest BCUT2D eigenvalue weighted by Gasteiger charge is -2.15. The van der Waals surface area contributed by atoms with E-state index in [0.29, 0.717) is 37.6 Å². The van der Waals surface area contributed by atoms with Crippen LogP contribution in [0.5, 0.6) is 11.5 Å². The van der Waals surface area contributed by atoms with E-state index in [4.69, 9.17) is 9.47 Å². The highest BCUT2D eigenvalue weighted by molar-refractivity contribution is 5.81. The number of nitrogens with zero attached hydrogens (tertiary/aromatic N) is 1. The summed E-state index contributed by atoms with van der Waals surface area (Å²) in [6.07, 6.45) is 0. The zero-order valence-corrected chi connectivity index (χ0v) is 16.0. The molecule has 0 radical (unpaired) electrons. The van der Waals surface area contributed by atoms with E-state index in [0.717, 1.165) is 16.7 Å². The Bertz CT molecular complexity index is 957. The van der Waals surface area contributed by atoms with Gasteiger partial charge >= 0.3 is 0 Å². The second kappa shape index (κ2) is 10.0. The molecular formula is C22H25FN2O3. The summed E-state index contributed by atoms with van der Waals surface area (Å²) in [5.74, 6) is 1.39. The van der Waals surface area contributed by atoms with Gasteiger partial charge in [0.1, 0.15) is 18.2 Å². The predicted molar refractivity (Wildman–Crippen MR) is 109 cm³/mol. The standard InChI is InChI=1S/C22H25FN2O3/c1-2-27-13-12-25-21-15-20(28-19-6-4-3-5-7-19)9-8-17(21)14-18(22(25)26)16-24-11-10-23/h3-9,14-15,24H,2,10-13,16H2,1H3. The summed E-state index contributed by atoms with van der Waals surface area (Å²) in [5, 5.41) is 3.88. The van der Waals surface area contributed by atoms with Crippen LogP contribution in [-0.4, -0.2) is 31.0 Å². The van der Waals surface area contributed by atoms with E-state index in [1.165, 1.54) is 0 Å². The van der Waals surface area contributed by atoms with Gasteiger partial charge in [-0.1, -0.05) is 18.2 Å². The van der Waals surface area contributed by atoms with Crippen molar-refractivity contribution in [1.82, 2.24) is 9.88 Å². The minimum absolute atomic E-state index is 0.101. The molecule has 0 saturated carbocycles. The Morgan fingerprint density at radius 2 is 1.89 bits per heavy atom. The largest absolute Gasteiger partial charge is 0.457 e. The van der Waals surface area contributed by atoms with E-state index >= 15 is 0 Å². The Balaban J connectivity index is 1.98. The molecule has 1 N–H and O–H groups in total. The highest BCUT2D eigenvalue weighted by Crippen LogP contribution is 2.25. The van der Waals surface area contributed by atoms with Gasteiger partial charge in [0, 0.05) is 37.9 Å². The molecule has 1 aromatic heterocycles. The Morgan fingerprint density at radius 1 is 1.07 bits per heavy atom. The van der Waals surface area contributed by atoms with Crippen molar-refractivity contribution in [2.45, 2.75) is 20.0 Å². The Labute approximate surface area is 163 Å². The number of hydrogen-bond acceptors (Lipinski definition) is 4. The predicted octanol–water partition coefficient (Wildman–Crippen LogP) is 3.89. The molecule has 0 bridgehead atoms. The summed E-state index contributed by atoms with van der Waals surface area (Å²) >= 11 is 0. The van der Waals surface area contributed by atoms with E-state index in [1.54, 1.807) is 4.57 Å².